The summed E-state index contributed by atoms with van der Waals surface area (Å²) in [6, 6.07) is 5.10. The lowest BCUT2D eigenvalue weighted by molar-refractivity contribution is -0.121. The quantitative estimate of drug-likeness (QED) is 0.702. The molecule has 1 N–H and O–H groups in total. The van der Waals surface area contributed by atoms with Crippen molar-refractivity contribution in [1.82, 2.24) is 14.5 Å². The van der Waals surface area contributed by atoms with Crippen LogP contribution in [0.3, 0.4) is 0 Å². The molecule has 1 saturated carbocycles. The summed E-state index contributed by atoms with van der Waals surface area (Å²) < 4.78 is 33.0. The Labute approximate surface area is 177 Å². The highest BCUT2D eigenvalue weighted by Gasteiger charge is 2.63. The van der Waals surface area contributed by atoms with Crippen LogP contribution in [0.15, 0.2) is 22.7 Å². The van der Waals surface area contributed by atoms with Crippen molar-refractivity contribution in [1.29, 1.82) is 0 Å². The Hall–Kier alpha value is -1.51. The molecule has 3 atom stereocenters. The lowest BCUT2D eigenvalue weighted by Gasteiger charge is -2.15. The van der Waals surface area contributed by atoms with Gasteiger partial charge in [0.1, 0.15) is 5.82 Å². The van der Waals surface area contributed by atoms with Crippen LogP contribution >= 0.6 is 28.1 Å². The van der Waals surface area contributed by atoms with Gasteiger partial charge in [0.2, 0.25) is 5.91 Å². The van der Waals surface area contributed by atoms with Gasteiger partial charge in [0.15, 0.2) is 4.77 Å². The Balaban J connectivity index is 1.48. The second kappa shape index (κ2) is 6.50. The van der Waals surface area contributed by atoms with E-state index in [9.17, 15) is 9.18 Å². The van der Waals surface area contributed by atoms with Gasteiger partial charge in [0, 0.05) is 48.7 Å². The van der Waals surface area contributed by atoms with E-state index in [1.165, 1.54) is 6.07 Å². The van der Waals surface area contributed by atoms with Gasteiger partial charge >= 0.3 is 0 Å². The first-order valence-electron chi connectivity index (χ1n) is 10.1. The predicted molar refractivity (Wildman–Crippen MR) is 108 cm³/mol. The molecular formula is C20H21BrFN3O2S. The van der Waals surface area contributed by atoms with Crippen molar-refractivity contribution in [3.05, 3.63) is 50.2 Å². The molecule has 1 saturated heterocycles. The summed E-state index contributed by atoms with van der Waals surface area (Å²) in [6.07, 6.45) is 1.83. The molecule has 1 aliphatic carbocycles. The Morgan fingerprint density at radius 2 is 2.43 bits per heavy atom. The molecule has 2 fully saturated rings. The number of carbonyl (C=O) groups is 1. The number of fused-ring (bicyclic) bond motifs is 3. The van der Waals surface area contributed by atoms with Gasteiger partial charge in [0.05, 0.1) is 19.1 Å². The van der Waals surface area contributed by atoms with E-state index in [0.29, 0.717) is 30.1 Å². The molecule has 28 heavy (non-hydrogen) atoms. The van der Waals surface area contributed by atoms with Crippen LogP contribution in [0.4, 0.5) is 4.39 Å². The average Bonchev–Trinajstić information content (AvgIpc) is 2.98. The highest BCUT2D eigenvalue weighted by Crippen LogP contribution is 2.66. The molecule has 5 nitrogen and oxygen atoms in total. The Bertz CT molecular complexity index is 1060. The zero-order valence-electron chi connectivity index (χ0n) is 16.2. The molecule has 3 aliphatic rings. The van der Waals surface area contributed by atoms with Crippen molar-refractivity contribution >= 4 is 34.1 Å². The number of aromatic nitrogens is 2. The van der Waals surface area contributed by atoms with Crippen molar-refractivity contribution in [3.63, 3.8) is 0 Å². The van der Waals surface area contributed by atoms with Crippen molar-refractivity contribution < 1.29 is 15.3 Å². The second-order valence-electron chi connectivity index (χ2n) is 7.97. The zero-order valence-corrected chi connectivity index (χ0v) is 17.6. The summed E-state index contributed by atoms with van der Waals surface area (Å²) in [5.74, 6) is -0.169. The van der Waals surface area contributed by atoms with E-state index in [4.69, 9.17) is 18.3 Å². The van der Waals surface area contributed by atoms with E-state index < -0.39 is 0 Å². The first kappa shape index (κ1) is 17.4. The third kappa shape index (κ3) is 2.72. The van der Waals surface area contributed by atoms with Crippen LogP contribution in [-0.4, -0.2) is 34.3 Å². The van der Waals surface area contributed by atoms with Gasteiger partial charge in [-0.1, -0.05) is 15.9 Å². The summed E-state index contributed by atoms with van der Waals surface area (Å²) >= 11 is 9.07. The van der Waals surface area contributed by atoms with Crippen LogP contribution < -0.4 is 5.32 Å². The highest BCUT2D eigenvalue weighted by molar-refractivity contribution is 9.10. The number of benzene rings is 1. The maximum atomic E-state index is 14.6. The average molecular weight is 467 g/mol. The number of hydrogen-bond donors (Lipinski definition) is 1. The Morgan fingerprint density at radius 3 is 3.18 bits per heavy atom. The van der Waals surface area contributed by atoms with E-state index in [-0.39, 0.29) is 42.5 Å². The van der Waals surface area contributed by atoms with E-state index >= 15 is 0 Å². The van der Waals surface area contributed by atoms with Crippen molar-refractivity contribution in [3.8, 4) is 0 Å². The predicted octanol–water partition coefficient (Wildman–Crippen LogP) is 3.34. The Kier molecular flexibility index (Phi) is 4.03. The minimum absolute atomic E-state index is 0.0288. The molecule has 0 unspecified atom stereocenters. The minimum Gasteiger partial charge on any atom is -0.379 e. The summed E-state index contributed by atoms with van der Waals surface area (Å²) in [6.45, 7) is 1.80. The molecule has 1 aromatic heterocycles. The third-order valence-corrected chi connectivity index (χ3v) is 7.24. The molecule has 8 heteroatoms. The standard InChI is InChI=1S/C20H21BrFN3O2S/c1-24-16(7-17(26)23-12-4-5-27-9-12)18-14-8-20(14,10-25(18)19(24)28)13-6-11(21)2-3-15(13)22/h2-3,6,12,14H,4-5,7-10H2,1H3,(H,23,26)/t12-,14+,20-/m1/s1/i1D. The Morgan fingerprint density at radius 1 is 1.57 bits per heavy atom. The number of nitrogens with zero attached hydrogens (tertiary/aromatic N) is 2. The largest absolute Gasteiger partial charge is 0.379 e. The summed E-state index contributed by atoms with van der Waals surface area (Å²) in [5, 5.41) is 3.02. The first-order chi connectivity index (χ1) is 13.9. The van der Waals surface area contributed by atoms with Gasteiger partial charge in [-0.05, 0) is 48.8 Å². The van der Waals surface area contributed by atoms with Gasteiger partial charge in [-0.15, -0.1) is 0 Å². The first-order valence-corrected chi connectivity index (χ1v) is 10.6. The fourth-order valence-corrected chi connectivity index (χ4v) is 5.48. The number of halogens is 2. The molecule has 3 heterocycles. The van der Waals surface area contributed by atoms with Crippen molar-refractivity contribution in [2.75, 3.05) is 13.2 Å². The number of rotatable bonds is 4. The van der Waals surface area contributed by atoms with Crippen LogP contribution in [0.5, 0.6) is 0 Å². The van der Waals surface area contributed by atoms with Gasteiger partial charge in [-0.3, -0.25) is 4.79 Å². The molecule has 2 aliphatic heterocycles. The molecule has 0 radical (unpaired) electrons. The molecule has 5 rings (SSSR count). The number of hydrogen-bond acceptors (Lipinski definition) is 3. The second-order valence-corrected chi connectivity index (χ2v) is 9.25. The number of ether oxygens (including phenoxy) is 1. The van der Waals surface area contributed by atoms with Crippen LogP contribution in [0.1, 0.15) is 37.1 Å². The summed E-state index contributed by atoms with van der Waals surface area (Å²) in [5.41, 5.74) is 2.19. The lowest BCUT2D eigenvalue weighted by Crippen LogP contribution is -2.36. The van der Waals surface area contributed by atoms with Crippen LogP contribution in [-0.2, 0) is 34.9 Å². The number of amides is 1. The highest BCUT2D eigenvalue weighted by atomic mass is 79.9. The SMILES string of the molecule is [2H]Cn1c(CC(=O)N[C@@H]2CCOC2)c2n(c1=S)C[C@@]1(c3cc(Br)ccc3F)C[C@@H]21. The maximum Gasteiger partial charge on any atom is 0.226 e. The minimum atomic E-state index is -0.303. The number of imidazole rings is 1. The maximum absolute atomic E-state index is 14.6. The molecule has 0 bridgehead atoms. The van der Waals surface area contributed by atoms with E-state index in [1.807, 2.05) is 10.6 Å². The molecule has 0 spiro atoms. The molecule has 1 amide bonds. The number of carbonyl (C=O) groups excluding carboxylic acids is 1. The fourth-order valence-electron chi connectivity index (χ4n) is 4.85. The third-order valence-electron chi connectivity index (χ3n) is 6.31. The van der Waals surface area contributed by atoms with Gasteiger partial charge < -0.3 is 19.2 Å². The topological polar surface area (TPSA) is 48.2 Å². The van der Waals surface area contributed by atoms with E-state index in [2.05, 4.69) is 21.2 Å². The molecule has 148 valence electrons. The van der Waals surface area contributed by atoms with Crippen molar-refractivity contribution in [2.24, 2.45) is 7.02 Å². The summed E-state index contributed by atoms with van der Waals surface area (Å²) in [7, 11) is -0.0288. The van der Waals surface area contributed by atoms with Crippen LogP contribution in [0.2, 0.25) is 0 Å². The fraction of sp³-hybridized carbons (Fsp3) is 0.500. The number of nitrogens with one attached hydrogen (secondary N) is 1. The van der Waals surface area contributed by atoms with Gasteiger partial charge in [-0.2, -0.15) is 0 Å². The van der Waals surface area contributed by atoms with E-state index in [0.717, 1.165) is 28.7 Å². The van der Waals surface area contributed by atoms with Crippen LogP contribution in [0.25, 0.3) is 0 Å². The van der Waals surface area contributed by atoms with Gasteiger partial charge in [-0.25, -0.2) is 4.39 Å². The monoisotopic (exact) mass is 466 g/mol. The lowest BCUT2D eigenvalue weighted by atomic mass is 9.93. The molecule has 2 aromatic rings. The molecular weight excluding hydrogens is 445 g/mol. The van der Waals surface area contributed by atoms with Crippen molar-refractivity contribution in [2.45, 2.75) is 43.2 Å². The van der Waals surface area contributed by atoms with Gasteiger partial charge in [0.25, 0.3) is 0 Å². The van der Waals surface area contributed by atoms with E-state index in [1.54, 1.807) is 10.6 Å². The summed E-state index contributed by atoms with van der Waals surface area (Å²) in [4.78, 5) is 12.7. The van der Waals surface area contributed by atoms with Crippen LogP contribution in [0, 0.1) is 10.6 Å². The molecule has 1 aromatic carbocycles. The normalized spacial score (nSPS) is 28.0. The zero-order chi connectivity index (χ0) is 20.3. The smallest absolute Gasteiger partial charge is 0.226 e.